The van der Waals surface area contributed by atoms with E-state index in [0.29, 0.717) is 0 Å². The molecule has 0 aliphatic rings. The summed E-state index contributed by atoms with van der Waals surface area (Å²) in [6.07, 6.45) is 0. The lowest BCUT2D eigenvalue weighted by atomic mass is 10.3. The van der Waals surface area contributed by atoms with E-state index in [0.717, 1.165) is 8.61 Å². The first kappa shape index (κ1) is 17.8. The molecule has 1 unspecified atom stereocenters. The SMILES string of the molecule is CCN(C)S(=O)(=O)N(CCNC(C)=O)C(C)C(=O)O. The van der Waals surface area contributed by atoms with Gasteiger partial charge in [0.1, 0.15) is 6.04 Å². The summed E-state index contributed by atoms with van der Waals surface area (Å²) in [5, 5.41) is 11.4. The Bertz CT molecular complexity index is 423. The molecule has 0 bridgehead atoms. The first-order valence-electron chi connectivity index (χ1n) is 5.84. The van der Waals surface area contributed by atoms with Gasteiger partial charge in [0.25, 0.3) is 10.2 Å². The third-order valence-corrected chi connectivity index (χ3v) is 4.77. The number of carboxylic acids is 1. The molecule has 0 fully saturated rings. The van der Waals surface area contributed by atoms with Gasteiger partial charge in [0.2, 0.25) is 5.91 Å². The quantitative estimate of drug-likeness (QED) is 0.603. The molecule has 0 aromatic carbocycles. The Kier molecular flexibility index (Phi) is 6.95. The Balaban J connectivity index is 5.06. The fourth-order valence-corrected chi connectivity index (χ4v) is 2.81. The molecule has 0 saturated carbocycles. The van der Waals surface area contributed by atoms with Crippen LogP contribution in [0.25, 0.3) is 0 Å². The van der Waals surface area contributed by atoms with E-state index in [1.165, 1.54) is 20.9 Å². The molecule has 8 nitrogen and oxygen atoms in total. The maximum Gasteiger partial charge on any atom is 0.321 e. The van der Waals surface area contributed by atoms with Crippen molar-refractivity contribution in [1.82, 2.24) is 13.9 Å². The normalized spacial score (nSPS) is 13.6. The first-order valence-corrected chi connectivity index (χ1v) is 7.24. The summed E-state index contributed by atoms with van der Waals surface area (Å²) in [5.74, 6) is -1.54. The van der Waals surface area contributed by atoms with Crippen molar-refractivity contribution < 1.29 is 23.1 Å². The molecule has 1 atom stereocenters. The van der Waals surface area contributed by atoms with Crippen molar-refractivity contribution in [2.75, 3.05) is 26.7 Å². The van der Waals surface area contributed by atoms with Crippen LogP contribution in [0.2, 0.25) is 0 Å². The molecule has 19 heavy (non-hydrogen) atoms. The lowest BCUT2D eigenvalue weighted by Crippen LogP contribution is -2.51. The van der Waals surface area contributed by atoms with Crippen molar-refractivity contribution >= 4 is 22.1 Å². The number of nitrogens with one attached hydrogen (secondary N) is 1. The van der Waals surface area contributed by atoms with E-state index in [9.17, 15) is 18.0 Å². The highest BCUT2D eigenvalue weighted by atomic mass is 32.2. The highest BCUT2D eigenvalue weighted by Crippen LogP contribution is 2.10. The average molecular weight is 295 g/mol. The number of carbonyl (C=O) groups is 2. The van der Waals surface area contributed by atoms with Crippen molar-refractivity contribution in [3.8, 4) is 0 Å². The van der Waals surface area contributed by atoms with Gasteiger partial charge < -0.3 is 10.4 Å². The molecule has 0 aromatic heterocycles. The second-order valence-electron chi connectivity index (χ2n) is 4.03. The molecule has 0 aromatic rings. The Labute approximate surface area is 113 Å². The van der Waals surface area contributed by atoms with Crippen molar-refractivity contribution in [2.24, 2.45) is 0 Å². The van der Waals surface area contributed by atoms with E-state index in [1.54, 1.807) is 6.92 Å². The maximum atomic E-state index is 12.2. The summed E-state index contributed by atoms with van der Waals surface area (Å²) in [7, 11) is -2.49. The highest BCUT2D eigenvalue weighted by molar-refractivity contribution is 7.86. The molecule has 112 valence electrons. The third kappa shape index (κ3) is 5.13. The Morgan fingerprint density at radius 2 is 1.89 bits per heavy atom. The molecule has 0 aliphatic carbocycles. The summed E-state index contributed by atoms with van der Waals surface area (Å²) in [6.45, 7) is 4.43. The zero-order valence-electron chi connectivity index (χ0n) is 11.6. The third-order valence-electron chi connectivity index (χ3n) is 2.63. The number of hydrogen-bond donors (Lipinski definition) is 2. The van der Waals surface area contributed by atoms with Crippen LogP contribution in [0, 0.1) is 0 Å². The Morgan fingerprint density at radius 1 is 1.37 bits per heavy atom. The minimum atomic E-state index is -3.86. The van der Waals surface area contributed by atoms with Crippen molar-refractivity contribution in [3.63, 3.8) is 0 Å². The minimum Gasteiger partial charge on any atom is -0.480 e. The van der Waals surface area contributed by atoms with E-state index < -0.39 is 22.2 Å². The number of amides is 1. The van der Waals surface area contributed by atoms with Crippen molar-refractivity contribution in [3.05, 3.63) is 0 Å². The van der Waals surface area contributed by atoms with Crippen LogP contribution in [0.4, 0.5) is 0 Å². The van der Waals surface area contributed by atoms with Crippen LogP contribution in [0.3, 0.4) is 0 Å². The van der Waals surface area contributed by atoms with Gasteiger partial charge in [-0.2, -0.15) is 17.0 Å². The van der Waals surface area contributed by atoms with E-state index in [1.807, 2.05) is 0 Å². The van der Waals surface area contributed by atoms with Crippen LogP contribution in [0.5, 0.6) is 0 Å². The van der Waals surface area contributed by atoms with Gasteiger partial charge in [0, 0.05) is 33.6 Å². The zero-order valence-corrected chi connectivity index (χ0v) is 12.4. The summed E-state index contributed by atoms with van der Waals surface area (Å²) < 4.78 is 26.2. The summed E-state index contributed by atoms with van der Waals surface area (Å²) in [4.78, 5) is 21.7. The van der Waals surface area contributed by atoms with Gasteiger partial charge in [-0.1, -0.05) is 6.92 Å². The topological polar surface area (TPSA) is 107 Å². The molecule has 2 N–H and O–H groups in total. The molecule has 0 aliphatic heterocycles. The molecular formula is C10H21N3O5S. The zero-order chi connectivity index (χ0) is 15.2. The smallest absolute Gasteiger partial charge is 0.321 e. The molecule has 0 heterocycles. The average Bonchev–Trinajstić information content (AvgIpc) is 2.31. The Morgan fingerprint density at radius 3 is 2.26 bits per heavy atom. The summed E-state index contributed by atoms with van der Waals surface area (Å²) >= 11 is 0. The predicted molar refractivity (Wildman–Crippen MR) is 69.7 cm³/mol. The van der Waals surface area contributed by atoms with Gasteiger partial charge in [-0.05, 0) is 6.92 Å². The summed E-state index contributed by atoms with van der Waals surface area (Å²) in [5.41, 5.74) is 0. The van der Waals surface area contributed by atoms with Gasteiger partial charge in [0.05, 0.1) is 0 Å². The molecule has 0 radical (unpaired) electrons. The van der Waals surface area contributed by atoms with Crippen LogP contribution in [-0.4, -0.2) is 66.7 Å². The number of hydrogen-bond acceptors (Lipinski definition) is 4. The van der Waals surface area contributed by atoms with Crippen LogP contribution in [-0.2, 0) is 19.8 Å². The minimum absolute atomic E-state index is 0.0593. The van der Waals surface area contributed by atoms with Crippen LogP contribution < -0.4 is 5.32 Å². The van der Waals surface area contributed by atoms with E-state index in [4.69, 9.17) is 5.11 Å². The molecule has 0 saturated heterocycles. The van der Waals surface area contributed by atoms with Crippen LogP contribution in [0.1, 0.15) is 20.8 Å². The lowest BCUT2D eigenvalue weighted by molar-refractivity contribution is -0.140. The standard InChI is InChI=1S/C10H21N3O5S/c1-5-12(4)19(17,18)13(8(2)10(15)16)7-6-11-9(3)14/h8H,5-7H2,1-4H3,(H,11,14)(H,15,16). The largest absolute Gasteiger partial charge is 0.480 e. The molecule has 0 spiro atoms. The predicted octanol–water partition coefficient (Wildman–Crippen LogP) is -0.906. The first-order chi connectivity index (χ1) is 8.64. The van der Waals surface area contributed by atoms with Crippen LogP contribution in [0.15, 0.2) is 0 Å². The van der Waals surface area contributed by atoms with Gasteiger partial charge in [-0.15, -0.1) is 0 Å². The van der Waals surface area contributed by atoms with E-state index >= 15 is 0 Å². The lowest BCUT2D eigenvalue weighted by Gasteiger charge is -2.29. The number of carboxylic acid groups (broad SMARTS) is 1. The monoisotopic (exact) mass is 295 g/mol. The molecule has 9 heteroatoms. The number of nitrogens with zero attached hydrogens (tertiary/aromatic N) is 2. The van der Waals surface area contributed by atoms with Crippen LogP contribution >= 0.6 is 0 Å². The number of aliphatic carboxylic acids is 1. The number of rotatable bonds is 8. The fourth-order valence-electron chi connectivity index (χ4n) is 1.32. The molecular weight excluding hydrogens is 274 g/mol. The van der Waals surface area contributed by atoms with Crippen molar-refractivity contribution in [2.45, 2.75) is 26.8 Å². The van der Waals surface area contributed by atoms with E-state index in [2.05, 4.69) is 5.32 Å². The van der Waals surface area contributed by atoms with Gasteiger partial charge in [-0.3, -0.25) is 9.59 Å². The second-order valence-corrected chi connectivity index (χ2v) is 6.02. The number of carbonyl (C=O) groups excluding carboxylic acids is 1. The van der Waals surface area contributed by atoms with Gasteiger partial charge in [-0.25, -0.2) is 0 Å². The maximum absolute atomic E-state index is 12.2. The Hall–Kier alpha value is -1.19. The van der Waals surface area contributed by atoms with Gasteiger partial charge in [0.15, 0.2) is 0 Å². The van der Waals surface area contributed by atoms with E-state index in [-0.39, 0.29) is 25.5 Å². The van der Waals surface area contributed by atoms with Crippen molar-refractivity contribution in [1.29, 1.82) is 0 Å². The fraction of sp³-hybridized carbons (Fsp3) is 0.800. The summed E-state index contributed by atoms with van der Waals surface area (Å²) in [6, 6.07) is -1.20. The van der Waals surface area contributed by atoms with Gasteiger partial charge >= 0.3 is 5.97 Å². The highest BCUT2D eigenvalue weighted by Gasteiger charge is 2.33. The molecule has 1 amide bonds. The molecule has 0 rings (SSSR count). The second kappa shape index (κ2) is 7.41.